The molecule has 7 aliphatic heterocycles. The molecule has 1 aliphatic carbocycles. The maximum Gasteiger partial charge on any atom is 0.342 e. The Morgan fingerprint density at radius 3 is 1.21 bits per heavy atom. The first kappa shape index (κ1) is 74.1. The molecule has 10 bridgehead atoms. The highest BCUT2D eigenvalue weighted by molar-refractivity contribution is 6.11. The van der Waals surface area contributed by atoms with Gasteiger partial charge in [0.05, 0.1) is 39.0 Å². The Balaban J connectivity index is 1.02. The summed E-state index contributed by atoms with van der Waals surface area (Å²) in [7, 11) is 0. The molecule has 0 radical (unpaired) electrons. The molecule has 0 saturated carbocycles. The van der Waals surface area contributed by atoms with Gasteiger partial charge in [-0.15, -0.1) is 0 Å². The van der Waals surface area contributed by atoms with Gasteiger partial charge in [0.1, 0.15) is 31.0 Å². The lowest BCUT2D eigenvalue weighted by Gasteiger charge is -2.44. The molecular formula is C68H48O44. The maximum absolute atomic E-state index is 15.5. The summed E-state index contributed by atoms with van der Waals surface area (Å²) in [5.41, 5.74) is -15.3. The zero-order valence-electron chi connectivity index (χ0n) is 54.9. The Labute approximate surface area is 615 Å². The molecule has 7 heterocycles. The Hall–Kier alpha value is -14.7. The number of benzene rings is 7. The van der Waals surface area contributed by atoms with Crippen LogP contribution in [0.15, 0.2) is 66.2 Å². The lowest BCUT2D eigenvalue weighted by Crippen LogP contribution is -2.64. The van der Waals surface area contributed by atoms with Crippen LogP contribution in [-0.2, 0) is 57.0 Å². The van der Waals surface area contributed by atoms with Crippen LogP contribution in [0.2, 0.25) is 0 Å². The quantitative estimate of drug-likeness (QED) is 0.0463. The number of carbonyl (C=O) groups is 9. The minimum atomic E-state index is -3.98. The third kappa shape index (κ3) is 11.9. The monoisotopic (exact) mass is 1570 g/mol. The van der Waals surface area contributed by atoms with E-state index in [1.54, 1.807) is 0 Å². The van der Waals surface area contributed by atoms with Gasteiger partial charge in [0.2, 0.25) is 46.4 Å². The molecule has 584 valence electrons. The van der Waals surface area contributed by atoms with Gasteiger partial charge in [-0.05, 0) is 42.5 Å². The molecule has 44 heteroatoms. The van der Waals surface area contributed by atoms with Gasteiger partial charge in [0, 0.05) is 40.5 Å². The molecule has 15 rings (SSSR count). The number of aliphatic hydroxyl groups excluding tert-OH is 2. The number of carbonyl (C=O) groups excluding carboxylic acids is 9. The number of esters is 8. The van der Waals surface area contributed by atoms with Crippen molar-refractivity contribution in [3.8, 4) is 149 Å². The lowest BCUT2D eigenvalue weighted by atomic mass is 9.86. The van der Waals surface area contributed by atoms with E-state index < -0.39 is 339 Å². The number of phenolic OH excluding ortho intramolecular Hbond substituents is 18. The van der Waals surface area contributed by atoms with E-state index in [0.717, 1.165) is 0 Å². The van der Waals surface area contributed by atoms with Crippen molar-refractivity contribution in [1.29, 1.82) is 0 Å². The highest BCUT2D eigenvalue weighted by Crippen LogP contribution is 2.59. The van der Waals surface area contributed by atoms with E-state index in [9.17, 15) is 136 Å². The standard InChI is InChI=1S/C68H48O44/c69-21-1-13(2-22(70)37(21)77)58(88)109-53-51-31-12-101-61(91)17-9-29-50(46(86)36(17)34-16(62(92)107-51)6-26(74)40(80)44(34)84)106-57-49(103-29)20(10-32(76)68(57,98)99)65(95)112-56-54(110-59(89)14-3-23(71)38(78)24(72)4-14)52-30(104-67(56)97)11-100-60(90)15-5-25(73)39(79)43(83)33(15)35-18(63(93)108-52)8-28(42(82)45(35)85)102-48-19(7-27(75)41(81)47(48)87)64(94)111-55(53)66(96)105-31/h1-10,30-31,49,51-57,66-67,69-75,77-87,96-99H,11-12H2/t30-,31-,49?,51-,52-,53+,54+,55-,56-,57?,66-,67?/m1/s1. The van der Waals surface area contributed by atoms with Crippen molar-refractivity contribution in [2.45, 2.75) is 79.4 Å². The topological polar surface area (TPSA) is 719 Å². The summed E-state index contributed by atoms with van der Waals surface area (Å²) in [6.45, 7) is -2.90. The highest BCUT2D eigenvalue weighted by atomic mass is 16.7. The van der Waals surface area contributed by atoms with E-state index in [4.69, 9.17) is 61.6 Å². The van der Waals surface area contributed by atoms with Crippen LogP contribution in [0.4, 0.5) is 0 Å². The van der Waals surface area contributed by atoms with Crippen LogP contribution < -0.4 is 14.2 Å². The van der Waals surface area contributed by atoms with Gasteiger partial charge in [-0.1, -0.05) is 0 Å². The molecule has 7 aromatic carbocycles. The number of aromatic hydroxyl groups is 18. The molecule has 3 unspecified atom stereocenters. The van der Waals surface area contributed by atoms with Crippen molar-refractivity contribution < 1.29 is 217 Å². The molecule has 0 spiro atoms. The first-order valence-corrected chi connectivity index (χ1v) is 31.6. The number of cyclic esters (lactones) is 1. The van der Waals surface area contributed by atoms with Gasteiger partial charge in [0.15, 0.2) is 147 Å². The number of phenols is 18. The van der Waals surface area contributed by atoms with Crippen LogP contribution in [0.3, 0.4) is 0 Å². The average Bonchev–Trinajstić information content (AvgIpc) is 0.810. The molecule has 44 nitrogen and oxygen atoms in total. The zero-order valence-corrected chi connectivity index (χ0v) is 54.9. The minimum Gasteiger partial charge on any atom is -0.504 e. The molecule has 112 heavy (non-hydrogen) atoms. The number of fused-ring (bicyclic) bond motifs is 7. The van der Waals surface area contributed by atoms with E-state index in [1.807, 2.05) is 0 Å². The van der Waals surface area contributed by atoms with Gasteiger partial charge in [-0.3, -0.25) is 4.79 Å². The fraction of sp³-hybridized carbons (Fsp3) is 0.221. The summed E-state index contributed by atoms with van der Waals surface area (Å²) >= 11 is 0. The summed E-state index contributed by atoms with van der Waals surface area (Å²) < 4.78 is 74.1. The third-order valence-electron chi connectivity index (χ3n) is 18.4. The second-order valence-corrected chi connectivity index (χ2v) is 25.1. The van der Waals surface area contributed by atoms with Gasteiger partial charge in [-0.25, -0.2) is 38.4 Å². The van der Waals surface area contributed by atoms with Crippen molar-refractivity contribution in [2.75, 3.05) is 13.2 Å². The van der Waals surface area contributed by atoms with Crippen molar-refractivity contribution in [1.82, 2.24) is 0 Å². The number of ether oxygens (including phenoxy) is 13. The molecule has 7 aromatic rings. The SMILES string of the molecule is O=C1O[C@H]2C(O)O[C@@H]3COC(=O)c4cc(O)c(O)c(O)c4-c4c(cc(c(O)c4O)Oc4c(cc(O)c(O)c4O)C(=O)O[C@@H]4[C@@H](OC(=O)c5cc(O)c(O)c(O)c5)[C@@H]5OC(=O)c6cc(O)c(O)c(O)c6-c6c(cc7c(c6O)OC6C(O7)C1=CC(=O)C6(O)O)C(=O)OC[C@H]5O[C@H]4O)C(=O)O[C@H]3[C@@H]2OC(=O)c1cc(O)c(O)c(O)c1. The van der Waals surface area contributed by atoms with Crippen LogP contribution in [0.1, 0.15) is 72.5 Å². The highest BCUT2D eigenvalue weighted by Gasteiger charge is 2.61. The van der Waals surface area contributed by atoms with Gasteiger partial charge < -0.3 is 174 Å². The number of ketones is 1. The summed E-state index contributed by atoms with van der Waals surface area (Å²) in [5.74, 6) is -54.4. The van der Waals surface area contributed by atoms with E-state index in [2.05, 4.69) is 0 Å². The Kier molecular flexibility index (Phi) is 17.6. The van der Waals surface area contributed by atoms with Crippen LogP contribution in [0.5, 0.6) is 126 Å². The molecular weight excluding hydrogens is 1520 g/mol. The molecule has 8 aliphatic rings. The fourth-order valence-corrected chi connectivity index (χ4v) is 12.9. The smallest absolute Gasteiger partial charge is 0.342 e. The van der Waals surface area contributed by atoms with Gasteiger partial charge in [0.25, 0.3) is 5.79 Å². The van der Waals surface area contributed by atoms with E-state index >= 15 is 19.2 Å². The molecule has 12 atom stereocenters. The van der Waals surface area contributed by atoms with Gasteiger partial charge >= 0.3 is 47.8 Å². The van der Waals surface area contributed by atoms with Crippen molar-refractivity contribution in [2.24, 2.45) is 0 Å². The third-order valence-corrected chi connectivity index (χ3v) is 18.4. The van der Waals surface area contributed by atoms with Crippen LogP contribution in [0, 0.1) is 0 Å². The number of hydrogen-bond acceptors (Lipinski definition) is 44. The molecule has 22 N–H and O–H groups in total. The molecule has 0 aromatic heterocycles. The zero-order chi connectivity index (χ0) is 80.9. The van der Waals surface area contributed by atoms with Crippen LogP contribution in [-0.4, -0.2) is 259 Å². The van der Waals surface area contributed by atoms with Crippen LogP contribution >= 0.6 is 0 Å². The fourth-order valence-electron chi connectivity index (χ4n) is 12.9. The van der Waals surface area contributed by atoms with E-state index in [-0.39, 0.29) is 24.3 Å². The van der Waals surface area contributed by atoms with E-state index in [1.165, 1.54) is 0 Å². The van der Waals surface area contributed by atoms with Crippen molar-refractivity contribution in [3.05, 3.63) is 105 Å². The number of rotatable bonds is 4. The minimum absolute atomic E-state index is 0.0894. The lowest BCUT2D eigenvalue weighted by molar-refractivity contribution is -0.288. The largest absolute Gasteiger partial charge is 0.504 e. The summed E-state index contributed by atoms with van der Waals surface area (Å²) in [5, 5.41) is 247. The second-order valence-electron chi connectivity index (χ2n) is 25.1. The number of aliphatic hydroxyl groups is 4. The predicted molar refractivity (Wildman–Crippen MR) is 340 cm³/mol. The van der Waals surface area contributed by atoms with Crippen molar-refractivity contribution in [3.63, 3.8) is 0 Å². The first-order chi connectivity index (χ1) is 52.8. The average molecular weight is 1570 g/mol. The maximum atomic E-state index is 15.5. The Morgan fingerprint density at radius 1 is 0.366 bits per heavy atom. The Morgan fingerprint density at radius 2 is 0.732 bits per heavy atom. The van der Waals surface area contributed by atoms with Gasteiger partial charge in [-0.2, -0.15) is 0 Å². The first-order valence-electron chi connectivity index (χ1n) is 31.6. The Bertz CT molecular complexity index is 5360. The van der Waals surface area contributed by atoms with Crippen LogP contribution in [0.25, 0.3) is 22.3 Å². The molecule has 0 amide bonds. The van der Waals surface area contributed by atoms with E-state index in [0.29, 0.717) is 36.4 Å². The molecule has 2 fully saturated rings. The normalized spacial score (nSPS) is 24.3. The second kappa shape index (κ2) is 26.6. The predicted octanol–water partition coefficient (Wildman–Crippen LogP) is -0.360. The summed E-state index contributed by atoms with van der Waals surface area (Å²) in [4.78, 5) is 133. The summed E-state index contributed by atoms with van der Waals surface area (Å²) in [6, 6.07) is 3.14. The van der Waals surface area contributed by atoms with Crippen molar-refractivity contribution >= 4 is 53.5 Å². The summed E-state index contributed by atoms with van der Waals surface area (Å²) in [6.07, 6.45) is -32.7. The molecule has 2 saturated heterocycles. The number of hydrogen-bond donors (Lipinski definition) is 22.